The number of anilines is 2. The molecule has 4 rings (SSSR count). The third-order valence-corrected chi connectivity index (χ3v) is 5.83. The molecule has 0 bridgehead atoms. The normalized spacial score (nSPS) is 18.4. The summed E-state index contributed by atoms with van der Waals surface area (Å²) in [4.78, 5) is 20.0. The Morgan fingerprint density at radius 1 is 0.969 bits per heavy atom. The minimum Gasteiger partial charge on any atom is -0.481 e. The molecule has 32 heavy (non-hydrogen) atoms. The van der Waals surface area contributed by atoms with E-state index in [1.54, 1.807) is 20.4 Å². The SMILES string of the molecule is COc1ncc(CNC2CCC(Nc3nc(N(C)C)c4ccccc4n3)CC2)c(OC)n1. The van der Waals surface area contributed by atoms with Crippen LogP contribution in [0.4, 0.5) is 11.8 Å². The van der Waals surface area contributed by atoms with Crippen molar-refractivity contribution in [1.29, 1.82) is 0 Å². The Morgan fingerprint density at radius 3 is 2.44 bits per heavy atom. The van der Waals surface area contributed by atoms with Crippen molar-refractivity contribution < 1.29 is 9.47 Å². The standard InChI is InChI=1S/C23H31N7O2/c1-30(2)20-18-7-5-6-8-19(18)27-22(28-20)26-17-11-9-16(10-12-17)24-13-15-14-25-23(32-4)29-21(15)31-3/h5-8,14,16-17,24H,9-13H2,1-4H3,(H,26,27,28). The van der Waals surface area contributed by atoms with Crippen molar-refractivity contribution in [2.75, 3.05) is 38.5 Å². The van der Waals surface area contributed by atoms with Gasteiger partial charge in [0.15, 0.2) is 0 Å². The minimum absolute atomic E-state index is 0.311. The van der Waals surface area contributed by atoms with Crippen LogP contribution in [0.5, 0.6) is 11.9 Å². The van der Waals surface area contributed by atoms with Gasteiger partial charge in [0.05, 0.1) is 19.7 Å². The summed E-state index contributed by atoms with van der Waals surface area (Å²) in [7, 11) is 7.18. The first-order valence-corrected chi connectivity index (χ1v) is 10.9. The van der Waals surface area contributed by atoms with E-state index in [-0.39, 0.29) is 0 Å². The number of ether oxygens (including phenoxy) is 2. The molecule has 1 fully saturated rings. The predicted octanol–water partition coefficient (Wildman–Crippen LogP) is 3.02. The fraction of sp³-hybridized carbons (Fsp3) is 0.478. The van der Waals surface area contributed by atoms with E-state index in [0.29, 0.717) is 36.5 Å². The second-order valence-electron chi connectivity index (χ2n) is 8.25. The van der Waals surface area contributed by atoms with E-state index in [4.69, 9.17) is 19.4 Å². The molecule has 0 unspecified atom stereocenters. The Kier molecular flexibility index (Phi) is 6.84. The van der Waals surface area contributed by atoms with E-state index < -0.39 is 0 Å². The van der Waals surface area contributed by atoms with Gasteiger partial charge in [-0.25, -0.2) is 9.97 Å². The zero-order valence-corrected chi connectivity index (χ0v) is 19.1. The molecular formula is C23H31N7O2. The van der Waals surface area contributed by atoms with Gasteiger partial charge in [0.2, 0.25) is 11.8 Å². The van der Waals surface area contributed by atoms with Crippen LogP contribution in [0.25, 0.3) is 10.9 Å². The van der Waals surface area contributed by atoms with E-state index in [2.05, 4.69) is 26.7 Å². The largest absolute Gasteiger partial charge is 0.481 e. The summed E-state index contributed by atoms with van der Waals surface area (Å²) in [5.74, 6) is 2.18. The van der Waals surface area contributed by atoms with Crippen LogP contribution in [-0.2, 0) is 6.54 Å². The third-order valence-electron chi connectivity index (χ3n) is 5.83. The fourth-order valence-electron chi connectivity index (χ4n) is 4.12. The number of hydrogen-bond donors (Lipinski definition) is 2. The second-order valence-corrected chi connectivity index (χ2v) is 8.25. The third kappa shape index (κ3) is 4.99. The van der Waals surface area contributed by atoms with Gasteiger partial charge in [0.1, 0.15) is 5.82 Å². The molecule has 1 saturated carbocycles. The molecule has 0 radical (unpaired) electrons. The highest BCUT2D eigenvalue weighted by Gasteiger charge is 2.22. The van der Waals surface area contributed by atoms with Gasteiger partial charge < -0.3 is 25.0 Å². The van der Waals surface area contributed by atoms with Gasteiger partial charge >= 0.3 is 6.01 Å². The van der Waals surface area contributed by atoms with Gasteiger partial charge in [-0.3, -0.25) is 0 Å². The Bertz CT molecular complexity index is 1050. The zero-order chi connectivity index (χ0) is 22.5. The molecule has 1 aromatic carbocycles. The van der Waals surface area contributed by atoms with Crippen LogP contribution >= 0.6 is 0 Å². The maximum absolute atomic E-state index is 5.37. The van der Waals surface area contributed by atoms with Gasteiger partial charge in [-0.05, 0) is 37.8 Å². The summed E-state index contributed by atoms with van der Waals surface area (Å²) >= 11 is 0. The van der Waals surface area contributed by atoms with E-state index in [1.807, 2.05) is 37.2 Å². The maximum atomic E-state index is 5.37. The molecule has 9 heteroatoms. The lowest BCUT2D eigenvalue weighted by Crippen LogP contribution is -2.37. The molecule has 1 aliphatic rings. The summed E-state index contributed by atoms with van der Waals surface area (Å²) in [5.41, 5.74) is 1.88. The number of fused-ring (bicyclic) bond motifs is 1. The summed E-state index contributed by atoms with van der Waals surface area (Å²) in [6, 6.07) is 9.25. The molecule has 2 N–H and O–H groups in total. The van der Waals surface area contributed by atoms with Gasteiger partial charge in [0, 0.05) is 49.9 Å². The number of para-hydroxylation sites is 1. The van der Waals surface area contributed by atoms with Crippen molar-refractivity contribution in [3.63, 3.8) is 0 Å². The molecule has 9 nitrogen and oxygen atoms in total. The highest BCUT2D eigenvalue weighted by atomic mass is 16.5. The first kappa shape index (κ1) is 22.0. The van der Waals surface area contributed by atoms with Crippen molar-refractivity contribution in [3.05, 3.63) is 36.0 Å². The number of nitrogens with one attached hydrogen (secondary N) is 2. The summed E-state index contributed by atoms with van der Waals surface area (Å²) in [5, 5.41) is 8.24. The second kappa shape index (κ2) is 9.95. The predicted molar refractivity (Wildman–Crippen MR) is 126 cm³/mol. The average Bonchev–Trinajstić information content (AvgIpc) is 2.83. The summed E-state index contributed by atoms with van der Waals surface area (Å²) in [6.07, 6.45) is 6.02. The van der Waals surface area contributed by atoms with Gasteiger partial charge in [-0.15, -0.1) is 0 Å². The lowest BCUT2D eigenvalue weighted by Gasteiger charge is -2.30. The minimum atomic E-state index is 0.311. The van der Waals surface area contributed by atoms with Crippen LogP contribution in [0.1, 0.15) is 31.2 Å². The molecule has 0 amide bonds. The highest BCUT2D eigenvalue weighted by molar-refractivity contribution is 5.90. The smallest absolute Gasteiger partial charge is 0.319 e. The van der Waals surface area contributed by atoms with Crippen molar-refractivity contribution in [3.8, 4) is 11.9 Å². The quantitative estimate of drug-likeness (QED) is 0.551. The van der Waals surface area contributed by atoms with Gasteiger partial charge in [-0.2, -0.15) is 9.97 Å². The molecule has 0 saturated heterocycles. The molecule has 1 aliphatic carbocycles. The molecule has 0 spiro atoms. The monoisotopic (exact) mass is 437 g/mol. The average molecular weight is 438 g/mol. The van der Waals surface area contributed by atoms with E-state index in [9.17, 15) is 0 Å². The van der Waals surface area contributed by atoms with Crippen LogP contribution in [-0.4, -0.2) is 60.3 Å². The summed E-state index contributed by atoms with van der Waals surface area (Å²) in [6.45, 7) is 0.663. The van der Waals surface area contributed by atoms with Crippen LogP contribution in [0.3, 0.4) is 0 Å². The van der Waals surface area contributed by atoms with Crippen molar-refractivity contribution >= 4 is 22.7 Å². The van der Waals surface area contributed by atoms with Crippen molar-refractivity contribution in [2.45, 2.75) is 44.3 Å². The molecule has 0 aliphatic heterocycles. The molecule has 170 valence electrons. The number of methoxy groups -OCH3 is 2. The molecule has 2 aromatic heterocycles. The Labute approximate surface area is 188 Å². The van der Waals surface area contributed by atoms with Crippen LogP contribution in [0.2, 0.25) is 0 Å². The van der Waals surface area contributed by atoms with Crippen molar-refractivity contribution in [2.24, 2.45) is 0 Å². The number of rotatable bonds is 8. The first-order valence-electron chi connectivity index (χ1n) is 10.9. The molecule has 3 aromatic rings. The number of hydrogen-bond acceptors (Lipinski definition) is 9. The van der Waals surface area contributed by atoms with Crippen LogP contribution < -0.4 is 25.0 Å². The number of benzene rings is 1. The van der Waals surface area contributed by atoms with E-state index >= 15 is 0 Å². The van der Waals surface area contributed by atoms with Gasteiger partial charge in [0.25, 0.3) is 0 Å². The summed E-state index contributed by atoms with van der Waals surface area (Å²) < 4.78 is 10.4. The van der Waals surface area contributed by atoms with Crippen LogP contribution in [0, 0.1) is 0 Å². The van der Waals surface area contributed by atoms with Crippen molar-refractivity contribution in [1.82, 2.24) is 25.3 Å². The van der Waals surface area contributed by atoms with E-state index in [1.165, 1.54) is 0 Å². The van der Waals surface area contributed by atoms with Crippen LogP contribution in [0.15, 0.2) is 30.5 Å². The zero-order valence-electron chi connectivity index (χ0n) is 19.1. The highest BCUT2D eigenvalue weighted by Crippen LogP contribution is 2.26. The Hall–Kier alpha value is -3.20. The van der Waals surface area contributed by atoms with E-state index in [0.717, 1.165) is 48.0 Å². The first-order chi connectivity index (χ1) is 15.6. The fourth-order valence-corrected chi connectivity index (χ4v) is 4.12. The lowest BCUT2D eigenvalue weighted by molar-refractivity contribution is 0.335. The maximum Gasteiger partial charge on any atom is 0.319 e. The molecule has 0 atom stereocenters. The number of aromatic nitrogens is 4. The molecular weight excluding hydrogens is 406 g/mol. The number of nitrogens with zero attached hydrogens (tertiary/aromatic N) is 5. The Balaban J connectivity index is 1.34. The molecule has 2 heterocycles. The Morgan fingerprint density at radius 2 is 1.72 bits per heavy atom. The topological polar surface area (TPSA) is 97.3 Å². The van der Waals surface area contributed by atoms with Gasteiger partial charge in [-0.1, -0.05) is 12.1 Å². The lowest BCUT2D eigenvalue weighted by atomic mass is 9.91.